The number of amides is 1. The van der Waals surface area contributed by atoms with E-state index in [1.807, 2.05) is 0 Å². The average molecular weight is 453 g/mol. The summed E-state index contributed by atoms with van der Waals surface area (Å²) in [7, 11) is 1.49. The Morgan fingerprint density at radius 2 is 1.91 bits per heavy atom. The molecule has 2 N–H and O–H groups in total. The van der Waals surface area contributed by atoms with Gasteiger partial charge >= 0.3 is 12.1 Å². The van der Waals surface area contributed by atoms with Crippen molar-refractivity contribution in [2.24, 2.45) is 0 Å². The Hall–Kier alpha value is -1.28. The number of aliphatic carboxylic acids is 1. The number of ether oxygens (including phenoxy) is 2. The van der Waals surface area contributed by atoms with E-state index in [1.54, 1.807) is 32.9 Å². The van der Waals surface area contributed by atoms with Crippen molar-refractivity contribution in [1.82, 2.24) is 5.32 Å². The molecule has 1 aromatic rings. The number of methoxy groups -OCH3 is 1. The maximum absolute atomic E-state index is 11.8. The molecular weight excluding hydrogens is 434 g/mol. The van der Waals surface area contributed by atoms with Crippen LogP contribution in [0.4, 0.5) is 4.79 Å². The Morgan fingerprint density at radius 3 is 2.39 bits per heavy atom. The van der Waals surface area contributed by atoms with Gasteiger partial charge in [-0.15, -0.1) is 0 Å². The molecule has 0 fully saturated rings. The lowest BCUT2D eigenvalue weighted by atomic mass is 10.0. The lowest BCUT2D eigenvalue weighted by Crippen LogP contribution is -2.44. The third-order valence-corrected chi connectivity index (χ3v) is 3.75. The molecule has 6 nitrogen and oxygen atoms in total. The van der Waals surface area contributed by atoms with Crippen LogP contribution < -0.4 is 10.1 Å². The van der Waals surface area contributed by atoms with Crippen molar-refractivity contribution in [3.63, 3.8) is 0 Å². The van der Waals surface area contributed by atoms with Crippen molar-refractivity contribution < 1.29 is 24.2 Å². The molecule has 128 valence electrons. The van der Waals surface area contributed by atoms with E-state index in [9.17, 15) is 14.7 Å². The summed E-state index contributed by atoms with van der Waals surface area (Å²) in [5.41, 5.74) is -0.0684. The zero-order valence-corrected chi connectivity index (χ0v) is 16.4. The number of carboxylic acids is 1. The Kier molecular flexibility index (Phi) is 6.88. The first-order valence-electron chi connectivity index (χ1n) is 6.77. The number of hydrogen-bond donors (Lipinski definition) is 2. The van der Waals surface area contributed by atoms with E-state index in [0.717, 1.165) is 4.47 Å². The second-order valence-electron chi connectivity index (χ2n) is 5.82. The normalized spacial score (nSPS) is 12.4. The van der Waals surface area contributed by atoms with Gasteiger partial charge in [-0.3, -0.25) is 0 Å². The summed E-state index contributed by atoms with van der Waals surface area (Å²) in [4.78, 5) is 23.2. The van der Waals surface area contributed by atoms with Crippen LogP contribution >= 0.6 is 31.9 Å². The summed E-state index contributed by atoms with van der Waals surface area (Å²) in [5.74, 6) is -0.639. The van der Waals surface area contributed by atoms with E-state index in [-0.39, 0.29) is 6.42 Å². The van der Waals surface area contributed by atoms with Crippen LogP contribution in [0.25, 0.3) is 0 Å². The number of carbonyl (C=O) groups is 2. The van der Waals surface area contributed by atoms with Gasteiger partial charge in [0.25, 0.3) is 0 Å². The average Bonchev–Trinajstić information content (AvgIpc) is 2.34. The fourth-order valence-corrected chi connectivity index (χ4v) is 3.34. The third-order valence-electron chi connectivity index (χ3n) is 2.70. The summed E-state index contributed by atoms with van der Waals surface area (Å²) in [5, 5.41) is 11.7. The van der Waals surface area contributed by atoms with Gasteiger partial charge in [-0.25, -0.2) is 9.59 Å². The molecule has 0 aliphatic heterocycles. The highest BCUT2D eigenvalue weighted by atomic mass is 79.9. The van der Waals surface area contributed by atoms with E-state index in [0.29, 0.717) is 15.8 Å². The highest BCUT2D eigenvalue weighted by Crippen LogP contribution is 2.33. The van der Waals surface area contributed by atoms with Crippen molar-refractivity contribution >= 4 is 43.9 Å². The van der Waals surface area contributed by atoms with Gasteiger partial charge < -0.3 is 19.9 Å². The number of carbonyl (C=O) groups excluding carboxylic acids is 1. The highest BCUT2D eigenvalue weighted by Gasteiger charge is 2.26. The second-order valence-corrected chi connectivity index (χ2v) is 7.59. The standard InChI is InChI=1S/C15H19Br2NO5/c1-15(2,3)23-14(21)18-11(13(19)20)6-8-5-9(16)7-10(17)12(8)22-4/h5,7,11H,6H2,1-4H3,(H,18,21)(H,19,20). The summed E-state index contributed by atoms with van der Waals surface area (Å²) in [6, 6.07) is 2.40. The van der Waals surface area contributed by atoms with E-state index < -0.39 is 23.7 Å². The topological polar surface area (TPSA) is 84.9 Å². The van der Waals surface area contributed by atoms with Crippen molar-refractivity contribution in [2.45, 2.75) is 38.8 Å². The van der Waals surface area contributed by atoms with Crippen molar-refractivity contribution in [3.05, 3.63) is 26.6 Å². The number of benzene rings is 1. The van der Waals surface area contributed by atoms with Crippen LogP contribution in [-0.4, -0.2) is 35.9 Å². The largest absolute Gasteiger partial charge is 0.495 e. The predicted molar refractivity (Wildman–Crippen MR) is 92.9 cm³/mol. The van der Waals surface area contributed by atoms with Gasteiger partial charge in [0.1, 0.15) is 17.4 Å². The SMILES string of the molecule is COc1c(Br)cc(Br)cc1CC(NC(=O)OC(C)(C)C)C(=O)O. The molecule has 0 saturated heterocycles. The molecule has 1 rings (SSSR count). The van der Waals surface area contributed by atoms with Gasteiger partial charge in [0.2, 0.25) is 0 Å². The minimum Gasteiger partial charge on any atom is -0.495 e. The lowest BCUT2D eigenvalue weighted by molar-refractivity contribution is -0.139. The number of alkyl carbamates (subject to hydrolysis) is 1. The molecule has 0 spiro atoms. The molecule has 0 heterocycles. The third kappa shape index (κ3) is 6.39. The van der Waals surface area contributed by atoms with Gasteiger partial charge in [-0.1, -0.05) is 15.9 Å². The predicted octanol–water partition coefficient (Wildman–Crippen LogP) is 3.74. The van der Waals surface area contributed by atoms with E-state index >= 15 is 0 Å². The number of rotatable bonds is 5. The van der Waals surface area contributed by atoms with Gasteiger partial charge in [-0.05, 0) is 54.4 Å². The lowest BCUT2D eigenvalue weighted by Gasteiger charge is -2.22. The van der Waals surface area contributed by atoms with Gasteiger partial charge in [0.15, 0.2) is 0 Å². The Balaban J connectivity index is 2.97. The van der Waals surface area contributed by atoms with Gasteiger partial charge in [-0.2, -0.15) is 0 Å². The molecule has 1 atom stereocenters. The first kappa shape index (κ1) is 19.8. The van der Waals surface area contributed by atoms with Crippen molar-refractivity contribution in [1.29, 1.82) is 0 Å². The number of nitrogens with one attached hydrogen (secondary N) is 1. The minimum absolute atomic E-state index is 0.0514. The molecule has 1 amide bonds. The van der Waals surface area contributed by atoms with Crippen LogP contribution in [0.2, 0.25) is 0 Å². The molecule has 0 aromatic heterocycles. The second kappa shape index (κ2) is 8.01. The molecule has 0 bridgehead atoms. The molecule has 1 unspecified atom stereocenters. The minimum atomic E-state index is -1.16. The molecular formula is C15H19Br2NO5. The number of hydrogen-bond acceptors (Lipinski definition) is 4. The smallest absolute Gasteiger partial charge is 0.408 e. The van der Waals surface area contributed by atoms with Crippen LogP contribution in [0.1, 0.15) is 26.3 Å². The zero-order valence-electron chi connectivity index (χ0n) is 13.3. The number of halogens is 2. The van der Waals surface area contributed by atoms with Crippen LogP contribution in [-0.2, 0) is 16.0 Å². The Morgan fingerprint density at radius 1 is 1.30 bits per heavy atom. The van der Waals surface area contributed by atoms with Crippen LogP contribution in [0, 0.1) is 0 Å². The van der Waals surface area contributed by atoms with Gasteiger partial charge in [0, 0.05) is 10.9 Å². The van der Waals surface area contributed by atoms with E-state index in [2.05, 4.69) is 37.2 Å². The summed E-state index contributed by atoms with van der Waals surface area (Å²) in [6.07, 6.45) is -0.728. The zero-order chi connectivity index (χ0) is 17.8. The molecule has 0 saturated carbocycles. The maximum atomic E-state index is 11.8. The first-order chi connectivity index (χ1) is 10.5. The van der Waals surface area contributed by atoms with E-state index in [1.165, 1.54) is 7.11 Å². The molecule has 0 aliphatic rings. The molecule has 0 radical (unpaired) electrons. The number of carboxylic acid groups (broad SMARTS) is 1. The molecule has 1 aromatic carbocycles. The van der Waals surface area contributed by atoms with Gasteiger partial charge in [0.05, 0.1) is 11.6 Å². The molecule has 0 aliphatic carbocycles. The Labute approximate surface area is 151 Å². The fraction of sp³-hybridized carbons (Fsp3) is 0.467. The summed E-state index contributed by atoms with van der Waals surface area (Å²) >= 11 is 6.71. The summed E-state index contributed by atoms with van der Waals surface area (Å²) in [6.45, 7) is 5.12. The maximum Gasteiger partial charge on any atom is 0.408 e. The fourth-order valence-electron chi connectivity index (χ4n) is 1.86. The monoisotopic (exact) mass is 451 g/mol. The molecule has 8 heteroatoms. The van der Waals surface area contributed by atoms with Crippen LogP contribution in [0.15, 0.2) is 21.1 Å². The summed E-state index contributed by atoms with van der Waals surface area (Å²) < 4.78 is 11.8. The van der Waals surface area contributed by atoms with Crippen LogP contribution in [0.3, 0.4) is 0 Å². The Bertz CT molecular complexity index is 598. The van der Waals surface area contributed by atoms with E-state index in [4.69, 9.17) is 9.47 Å². The first-order valence-corrected chi connectivity index (χ1v) is 8.36. The highest BCUT2D eigenvalue weighted by molar-refractivity contribution is 9.11. The van der Waals surface area contributed by atoms with Crippen molar-refractivity contribution in [3.8, 4) is 5.75 Å². The van der Waals surface area contributed by atoms with Crippen LogP contribution in [0.5, 0.6) is 5.75 Å². The molecule has 23 heavy (non-hydrogen) atoms. The quantitative estimate of drug-likeness (QED) is 0.710. The van der Waals surface area contributed by atoms with Crippen molar-refractivity contribution in [2.75, 3.05) is 7.11 Å².